The number of rotatable bonds is 8. The lowest BCUT2D eigenvalue weighted by molar-refractivity contribution is -0.134. The number of hydrogen-bond acceptors (Lipinski definition) is 3. The first-order valence-electron chi connectivity index (χ1n) is 10.6. The molecule has 1 heterocycles. The minimum atomic E-state index is -1.29. The normalized spacial score (nSPS) is 18.4. The van der Waals surface area contributed by atoms with E-state index in [9.17, 15) is 18.8 Å². The Bertz CT molecular complexity index is 957. The van der Waals surface area contributed by atoms with Crippen molar-refractivity contribution < 1.29 is 18.8 Å². The van der Waals surface area contributed by atoms with Crippen molar-refractivity contribution in [2.24, 2.45) is 0 Å². The molecule has 0 spiro atoms. The smallest absolute Gasteiger partial charge is 0.325 e. The van der Waals surface area contributed by atoms with Crippen molar-refractivity contribution in [3.8, 4) is 0 Å². The third kappa shape index (κ3) is 4.76. The highest BCUT2D eigenvalue weighted by Gasteiger charge is 2.52. The molecule has 1 saturated heterocycles. The first-order valence-corrected chi connectivity index (χ1v) is 10.6. The third-order valence-electron chi connectivity index (χ3n) is 5.58. The standard InChI is InChI=1S/C24H28FN3O3/c1-4-5-14-24(18-8-10-19(25)11-9-18)22(30)28(23(31)27-24)15-21(29)26-20-12-6-17(7-13-20)16(2)3/h6-13,16H,4-5,14-15H2,1-3H3,(H,26,29)(H,27,31)/t24-/m0/s1. The molecule has 1 aliphatic rings. The van der Waals surface area contributed by atoms with Gasteiger partial charge in [-0.1, -0.05) is 57.9 Å². The molecule has 31 heavy (non-hydrogen) atoms. The number of imide groups is 1. The summed E-state index contributed by atoms with van der Waals surface area (Å²) in [5.41, 5.74) is 0.956. The summed E-state index contributed by atoms with van der Waals surface area (Å²) >= 11 is 0. The van der Waals surface area contributed by atoms with Gasteiger partial charge in [0.15, 0.2) is 0 Å². The van der Waals surface area contributed by atoms with Crippen LogP contribution in [-0.4, -0.2) is 29.3 Å². The number of anilines is 1. The van der Waals surface area contributed by atoms with Crippen molar-refractivity contribution in [2.75, 3.05) is 11.9 Å². The largest absolute Gasteiger partial charge is 0.325 e. The Balaban J connectivity index is 1.77. The van der Waals surface area contributed by atoms with Gasteiger partial charge in [-0.3, -0.25) is 14.5 Å². The predicted molar refractivity (Wildman–Crippen MR) is 117 cm³/mol. The molecule has 1 fully saturated rings. The molecule has 164 valence electrons. The molecule has 2 aromatic rings. The van der Waals surface area contributed by atoms with E-state index in [1.54, 1.807) is 12.1 Å². The van der Waals surface area contributed by atoms with E-state index >= 15 is 0 Å². The van der Waals surface area contributed by atoms with Crippen LogP contribution in [0, 0.1) is 5.82 Å². The van der Waals surface area contributed by atoms with Gasteiger partial charge >= 0.3 is 6.03 Å². The second-order valence-electron chi connectivity index (χ2n) is 8.16. The van der Waals surface area contributed by atoms with Gasteiger partial charge in [0.05, 0.1) is 0 Å². The minimum absolute atomic E-state index is 0.370. The van der Waals surface area contributed by atoms with Gasteiger partial charge in [0.2, 0.25) is 5.91 Å². The summed E-state index contributed by atoms with van der Waals surface area (Å²) in [4.78, 5) is 39.4. The van der Waals surface area contributed by atoms with E-state index in [0.29, 0.717) is 30.0 Å². The van der Waals surface area contributed by atoms with Crippen LogP contribution in [0.4, 0.5) is 14.9 Å². The number of unbranched alkanes of at least 4 members (excludes halogenated alkanes) is 1. The molecule has 3 rings (SSSR count). The van der Waals surface area contributed by atoms with Crippen molar-refractivity contribution in [1.29, 1.82) is 0 Å². The van der Waals surface area contributed by atoms with Crippen LogP contribution in [0.5, 0.6) is 0 Å². The van der Waals surface area contributed by atoms with Gasteiger partial charge in [0.25, 0.3) is 5.91 Å². The van der Waals surface area contributed by atoms with Crippen molar-refractivity contribution in [2.45, 2.75) is 51.5 Å². The molecule has 0 radical (unpaired) electrons. The quantitative estimate of drug-likeness (QED) is 0.610. The molecule has 0 aliphatic carbocycles. The summed E-state index contributed by atoms with van der Waals surface area (Å²) in [5.74, 6) is -1.02. The van der Waals surface area contributed by atoms with E-state index in [0.717, 1.165) is 16.9 Å². The number of benzene rings is 2. The summed E-state index contributed by atoms with van der Waals surface area (Å²) in [5, 5.41) is 5.49. The molecule has 6 nitrogen and oxygen atoms in total. The summed E-state index contributed by atoms with van der Waals surface area (Å²) in [7, 11) is 0. The van der Waals surface area contributed by atoms with E-state index in [1.807, 2.05) is 19.1 Å². The molecule has 0 bridgehead atoms. The molecule has 0 saturated carbocycles. The third-order valence-corrected chi connectivity index (χ3v) is 5.58. The predicted octanol–water partition coefficient (Wildman–Crippen LogP) is 4.53. The highest BCUT2D eigenvalue weighted by Crippen LogP contribution is 2.34. The fourth-order valence-electron chi connectivity index (χ4n) is 3.75. The van der Waals surface area contributed by atoms with Gasteiger partial charge in [-0.05, 0) is 47.7 Å². The van der Waals surface area contributed by atoms with Crippen LogP contribution in [0.25, 0.3) is 0 Å². The van der Waals surface area contributed by atoms with Crippen molar-refractivity contribution >= 4 is 23.5 Å². The molecule has 1 atom stereocenters. The zero-order valence-electron chi connectivity index (χ0n) is 18.1. The first-order chi connectivity index (χ1) is 14.8. The van der Waals surface area contributed by atoms with E-state index < -0.39 is 35.7 Å². The maximum Gasteiger partial charge on any atom is 0.325 e. The Morgan fingerprint density at radius 3 is 2.32 bits per heavy atom. The Kier molecular flexibility index (Phi) is 6.73. The zero-order valence-corrected chi connectivity index (χ0v) is 18.1. The number of nitrogens with zero attached hydrogens (tertiary/aromatic N) is 1. The van der Waals surface area contributed by atoms with Crippen LogP contribution in [0.1, 0.15) is 57.1 Å². The number of carbonyl (C=O) groups excluding carboxylic acids is 3. The number of hydrogen-bond donors (Lipinski definition) is 2. The van der Waals surface area contributed by atoms with Crippen LogP contribution in [0.15, 0.2) is 48.5 Å². The van der Waals surface area contributed by atoms with Crippen LogP contribution >= 0.6 is 0 Å². The van der Waals surface area contributed by atoms with E-state index in [2.05, 4.69) is 24.5 Å². The highest BCUT2D eigenvalue weighted by atomic mass is 19.1. The van der Waals surface area contributed by atoms with Gasteiger partial charge < -0.3 is 10.6 Å². The lowest BCUT2D eigenvalue weighted by Gasteiger charge is -2.27. The molecule has 1 aliphatic heterocycles. The van der Waals surface area contributed by atoms with Gasteiger partial charge in [-0.2, -0.15) is 0 Å². The topological polar surface area (TPSA) is 78.5 Å². The van der Waals surface area contributed by atoms with Crippen LogP contribution in [0.2, 0.25) is 0 Å². The van der Waals surface area contributed by atoms with Crippen LogP contribution in [-0.2, 0) is 15.1 Å². The fraction of sp³-hybridized carbons (Fsp3) is 0.375. The maximum atomic E-state index is 13.4. The van der Waals surface area contributed by atoms with Crippen molar-refractivity contribution in [1.82, 2.24) is 10.2 Å². The van der Waals surface area contributed by atoms with Crippen molar-refractivity contribution in [3.05, 3.63) is 65.5 Å². The van der Waals surface area contributed by atoms with Gasteiger partial charge in [-0.15, -0.1) is 0 Å². The number of urea groups is 1. The Morgan fingerprint density at radius 2 is 1.74 bits per heavy atom. The number of carbonyl (C=O) groups is 3. The van der Waals surface area contributed by atoms with E-state index in [-0.39, 0.29) is 0 Å². The van der Waals surface area contributed by atoms with E-state index in [4.69, 9.17) is 0 Å². The monoisotopic (exact) mass is 425 g/mol. The molecular formula is C24H28FN3O3. The molecule has 2 N–H and O–H groups in total. The van der Waals surface area contributed by atoms with Crippen LogP contribution in [0.3, 0.4) is 0 Å². The van der Waals surface area contributed by atoms with Gasteiger partial charge in [0, 0.05) is 5.69 Å². The SMILES string of the molecule is CCCC[C@@]1(c2ccc(F)cc2)NC(=O)N(CC(=O)Nc2ccc(C(C)C)cc2)C1=O. The van der Waals surface area contributed by atoms with Gasteiger partial charge in [0.1, 0.15) is 17.9 Å². The second-order valence-corrected chi connectivity index (χ2v) is 8.16. The Labute approximate surface area is 181 Å². The molecular weight excluding hydrogens is 397 g/mol. The number of amides is 4. The Morgan fingerprint density at radius 1 is 1.10 bits per heavy atom. The summed E-state index contributed by atoms with van der Waals surface area (Å²) < 4.78 is 13.4. The van der Waals surface area contributed by atoms with E-state index in [1.165, 1.54) is 24.3 Å². The summed E-state index contributed by atoms with van der Waals surface area (Å²) in [6.45, 7) is 5.75. The first kappa shape index (κ1) is 22.5. The molecule has 7 heteroatoms. The highest BCUT2D eigenvalue weighted by molar-refractivity contribution is 6.10. The lowest BCUT2D eigenvalue weighted by atomic mass is 9.85. The number of halogens is 1. The average molecular weight is 426 g/mol. The fourth-order valence-corrected chi connectivity index (χ4v) is 3.75. The Hall–Kier alpha value is -3.22. The van der Waals surface area contributed by atoms with Gasteiger partial charge in [-0.25, -0.2) is 9.18 Å². The lowest BCUT2D eigenvalue weighted by Crippen LogP contribution is -2.44. The maximum absolute atomic E-state index is 13.4. The molecule has 0 aromatic heterocycles. The van der Waals surface area contributed by atoms with Crippen molar-refractivity contribution in [3.63, 3.8) is 0 Å². The summed E-state index contributed by atoms with van der Waals surface area (Å²) in [6, 6.07) is 12.3. The second kappa shape index (κ2) is 9.29. The van der Waals surface area contributed by atoms with Crippen LogP contribution < -0.4 is 10.6 Å². The minimum Gasteiger partial charge on any atom is -0.325 e. The number of nitrogens with one attached hydrogen (secondary N) is 2. The molecule has 0 unspecified atom stereocenters. The zero-order chi connectivity index (χ0) is 22.6. The summed E-state index contributed by atoms with van der Waals surface area (Å²) in [6.07, 6.45) is 1.87. The molecule has 4 amide bonds. The molecule has 2 aromatic carbocycles. The average Bonchev–Trinajstić information content (AvgIpc) is 2.98.